The Labute approximate surface area is 179 Å². The maximum atomic E-state index is 12.9. The van der Waals surface area contributed by atoms with Crippen LogP contribution in [0.1, 0.15) is 16.7 Å². The zero-order chi connectivity index (χ0) is 22.0. The van der Waals surface area contributed by atoms with Gasteiger partial charge in [-0.25, -0.2) is 10.2 Å². The monoisotopic (exact) mass is 416 g/mol. The van der Waals surface area contributed by atoms with Gasteiger partial charge in [-0.05, 0) is 24.5 Å². The first kappa shape index (κ1) is 20.3. The van der Waals surface area contributed by atoms with Crippen LogP contribution in [0.2, 0.25) is 0 Å². The van der Waals surface area contributed by atoms with Crippen molar-refractivity contribution in [3.63, 3.8) is 0 Å². The number of aromatic nitrogens is 4. The second-order valence-corrected chi connectivity index (χ2v) is 7.48. The van der Waals surface area contributed by atoms with Gasteiger partial charge in [0.1, 0.15) is 0 Å². The summed E-state index contributed by atoms with van der Waals surface area (Å²) in [6.07, 6.45) is 2.39. The van der Waals surface area contributed by atoms with Crippen molar-refractivity contribution in [3.8, 4) is 0 Å². The molecule has 2 aromatic carbocycles. The van der Waals surface area contributed by atoms with Gasteiger partial charge in [-0.15, -0.1) is 0 Å². The SMILES string of the molecule is Cc1ccc(C=NNc2nc3c(c(=O)n(C)c(=O)n3C)n2CCc2ccccc2)cc1. The Morgan fingerprint density at radius 3 is 2.42 bits per heavy atom. The summed E-state index contributed by atoms with van der Waals surface area (Å²) in [5, 5.41) is 4.30. The van der Waals surface area contributed by atoms with E-state index in [0.717, 1.165) is 15.7 Å². The molecule has 0 aliphatic carbocycles. The van der Waals surface area contributed by atoms with E-state index in [2.05, 4.69) is 15.5 Å². The maximum absolute atomic E-state index is 12.9. The average Bonchev–Trinajstić information content (AvgIpc) is 3.15. The number of imidazole rings is 1. The molecular weight excluding hydrogens is 392 g/mol. The molecule has 158 valence electrons. The molecule has 0 amide bonds. The van der Waals surface area contributed by atoms with E-state index in [0.29, 0.717) is 30.1 Å². The van der Waals surface area contributed by atoms with E-state index in [-0.39, 0.29) is 5.56 Å². The van der Waals surface area contributed by atoms with Gasteiger partial charge in [-0.1, -0.05) is 60.2 Å². The fourth-order valence-electron chi connectivity index (χ4n) is 3.45. The van der Waals surface area contributed by atoms with Gasteiger partial charge in [-0.3, -0.25) is 13.9 Å². The van der Waals surface area contributed by atoms with Crippen molar-refractivity contribution in [2.45, 2.75) is 19.9 Å². The summed E-state index contributed by atoms with van der Waals surface area (Å²) >= 11 is 0. The molecule has 2 heterocycles. The molecule has 0 aliphatic heterocycles. The highest BCUT2D eigenvalue weighted by molar-refractivity contribution is 5.80. The molecule has 1 N–H and O–H groups in total. The lowest BCUT2D eigenvalue weighted by molar-refractivity contribution is 0.687. The second kappa shape index (κ2) is 8.43. The predicted octanol–water partition coefficient (Wildman–Crippen LogP) is 2.43. The first-order chi connectivity index (χ1) is 15.0. The second-order valence-electron chi connectivity index (χ2n) is 7.48. The van der Waals surface area contributed by atoms with Gasteiger partial charge in [0.15, 0.2) is 11.2 Å². The minimum Gasteiger partial charge on any atom is -0.303 e. The summed E-state index contributed by atoms with van der Waals surface area (Å²) < 4.78 is 4.27. The lowest BCUT2D eigenvalue weighted by Crippen LogP contribution is -2.37. The number of nitrogens with one attached hydrogen (secondary N) is 1. The highest BCUT2D eigenvalue weighted by Gasteiger charge is 2.18. The summed E-state index contributed by atoms with van der Waals surface area (Å²) in [6, 6.07) is 18.0. The van der Waals surface area contributed by atoms with Gasteiger partial charge >= 0.3 is 5.69 Å². The molecule has 8 nitrogen and oxygen atoms in total. The number of anilines is 1. The zero-order valence-corrected chi connectivity index (χ0v) is 17.7. The van der Waals surface area contributed by atoms with Gasteiger partial charge in [-0.2, -0.15) is 10.1 Å². The third-order valence-electron chi connectivity index (χ3n) is 5.27. The van der Waals surface area contributed by atoms with Crippen LogP contribution in [0.5, 0.6) is 0 Å². The molecule has 31 heavy (non-hydrogen) atoms. The standard InChI is InChI=1S/C23H24N6O2/c1-16-9-11-18(12-10-16)15-24-26-22-25-20-19(21(30)28(3)23(31)27(20)2)29(22)14-13-17-7-5-4-6-8-17/h4-12,15H,13-14H2,1-3H3,(H,25,26). The van der Waals surface area contributed by atoms with E-state index >= 15 is 0 Å². The molecule has 2 aromatic heterocycles. The van der Waals surface area contributed by atoms with Crippen LogP contribution < -0.4 is 16.7 Å². The molecule has 4 aromatic rings. The number of nitrogens with zero attached hydrogens (tertiary/aromatic N) is 5. The Morgan fingerprint density at radius 2 is 1.71 bits per heavy atom. The fraction of sp³-hybridized carbons (Fsp3) is 0.217. The quantitative estimate of drug-likeness (QED) is 0.386. The largest absolute Gasteiger partial charge is 0.332 e. The Balaban J connectivity index is 1.74. The normalized spacial score (nSPS) is 11.5. The highest BCUT2D eigenvalue weighted by Crippen LogP contribution is 2.17. The van der Waals surface area contributed by atoms with Crippen LogP contribution in [-0.2, 0) is 27.1 Å². The van der Waals surface area contributed by atoms with Crippen LogP contribution in [0.25, 0.3) is 11.2 Å². The van der Waals surface area contributed by atoms with E-state index in [1.807, 2.05) is 61.5 Å². The summed E-state index contributed by atoms with van der Waals surface area (Å²) in [6.45, 7) is 2.54. The summed E-state index contributed by atoms with van der Waals surface area (Å²) in [4.78, 5) is 29.8. The average molecular weight is 416 g/mol. The molecule has 0 aliphatic rings. The molecular formula is C23H24N6O2. The molecule has 0 fully saturated rings. The third kappa shape index (κ3) is 4.05. The highest BCUT2D eigenvalue weighted by atomic mass is 16.2. The molecule has 0 saturated carbocycles. The maximum Gasteiger partial charge on any atom is 0.332 e. The Bertz CT molecular complexity index is 1360. The van der Waals surface area contributed by atoms with Gasteiger partial charge in [0.25, 0.3) is 5.56 Å². The molecule has 0 unspecified atom stereocenters. The van der Waals surface area contributed by atoms with Crippen molar-refractivity contribution in [1.82, 2.24) is 18.7 Å². The van der Waals surface area contributed by atoms with E-state index in [1.165, 1.54) is 17.2 Å². The van der Waals surface area contributed by atoms with Crippen LogP contribution in [0.4, 0.5) is 5.95 Å². The Kier molecular flexibility index (Phi) is 5.53. The smallest absolute Gasteiger partial charge is 0.303 e. The zero-order valence-electron chi connectivity index (χ0n) is 17.7. The van der Waals surface area contributed by atoms with Crippen molar-refractivity contribution in [2.75, 3.05) is 5.43 Å². The summed E-state index contributed by atoms with van der Waals surface area (Å²) in [5.74, 6) is 0.410. The third-order valence-corrected chi connectivity index (χ3v) is 5.27. The van der Waals surface area contributed by atoms with E-state index < -0.39 is 5.69 Å². The Hall–Kier alpha value is -3.94. The van der Waals surface area contributed by atoms with E-state index in [1.54, 1.807) is 17.8 Å². The van der Waals surface area contributed by atoms with Gasteiger partial charge < -0.3 is 4.57 Å². The van der Waals surface area contributed by atoms with Gasteiger partial charge in [0, 0.05) is 20.6 Å². The van der Waals surface area contributed by atoms with Crippen molar-refractivity contribution in [1.29, 1.82) is 0 Å². The molecule has 0 spiro atoms. The number of hydrogen-bond donors (Lipinski definition) is 1. The number of hydrazone groups is 1. The first-order valence-corrected chi connectivity index (χ1v) is 10.0. The van der Waals surface area contributed by atoms with E-state index in [9.17, 15) is 9.59 Å². The molecule has 0 bridgehead atoms. The number of rotatable bonds is 6. The predicted molar refractivity (Wildman–Crippen MR) is 123 cm³/mol. The number of aryl methyl sites for hydroxylation is 4. The number of benzene rings is 2. The lowest BCUT2D eigenvalue weighted by atomic mass is 10.1. The van der Waals surface area contributed by atoms with Crippen molar-refractivity contribution in [3.05, 3.63) is 92.1 Å². The van der Waals surface area contributed by atoms with Crippen molar-refractivity contribution >= 4 is 23.3 Å². The van der Waals surface area contributed by atoms with E-state index in [4.69, 9.17) is 0 Å². The molecule has 0 atom stereocenters. The summed E-state index contributed by atoms with van der Waals surface area (Å²) in [7, 11) is 3.08. The van der Waals surface area contributed by atoms with Crippen molar-refractivity contribution in [2.24, 2.45) is 19.2 Å². The molecule has 8 heteroatoms. The molecule has 0 radical (unpaired) electrons. The minimum atomic E-state index is -0.417. The fourth-order valence-corrected chi connectivity index (χ4v) is 3.45. The molecule has 0 saturated heterocycles. The van der Waals surface area contributed by atoms with Gasteiger partial charge in [0.05, 0.1) is 6.21 Å². The molecule has 4 rings (SSSR count). The topological polar surface area (TPSA) is 86.2 Å². The lowest BCUT2D eigenvalue weighted by Gasteiger charge is -2.09. The number of fused-ring (bicyclic) bond motifs is 1. The van der Waals surface area contributed by atoms with Crippen LogP contribution >= 0.6 is 0 Å². The van der Waals surface area contributed by atoms with Crippen LogP contribution in [-0.4, -0.2) is 24.9 Å². The van der Waals surface area contributed by atoms with Crippen LogP contribution in [0, 0.1) is 6.92 Å². The number of hydrogen-bond acceptors (Lipinski definition) is 5. The van der Waals surface area contributed by atoms with Crippen molar-refractivity contribution < 1.29 is 0 Å². The Morgan fingerprint density at radius 1 is 1.00 bits per heavy atom. The summed E-state index contributed by atoms with van der Waals surface area (Å²) in [5.41, 5.74) is 6.10. The minimum absolute atomic E-state index is 0.328. The van der Waals surface area contributed by atoms with Crippen LogP contribution in [0.3, 0.4) is 0 Å². The van der Waals surface area contributed by atoms with Crippen LogP contribution in [0.15, 0.2) is 69.3 Å². The first-order valence-electron chi connectivity index (χ1n) is 10.0. The van der Waals surface area contributed by atoms with Gasteiger partial charge in [0.2, 0.25) is 5.95 Å².